The summed E-state index contributed by atoms with van der Waals surface area (Å²) < 4.78 is 12.9. The van der Waals surface area contributed by atoms with Crippen molar-refractivity contribution in [2.75, 3.05) is 6.54 Å². The van der Waals surface area contributed by atoms with Crippen molar-refractivity contribution in [2.45, 2.75) is 37.6 Å². The highest BCUT2D eigenvalue weighted by molar-refractivity contribution is 5.85. The molecule has 1 amide bonds. The van der Waals surface area contributed by atoms with E-state index in [1.54, 1.807) is 6.92 Å². The van der Waals surface area contributed by atoms with Crippen molar-refractivity contribution in [3.8, 4) is 0 Å². The van der Waals surface area contributed by atoms with Gasteiger partial charge in [-0.2, -0.15) is 0 Å². The van der Waals surface area contributed by atoms with Gasteiger partial charge >= 0.3 is 0 Å². The molecular formula is C14H20ClFN2O. The fourth-order valence-electron chi connectivity index (χ4n) is 2.39. The summed E-state index contributed by atoms with van der Waals surface area (Å²) in [4.78, 5) is 11.5. The van der Waals surface area contributed by atoms with Crippen molar-refractivity contribution in [2.24, 2.45) is 5.73 Å². The molecular weight excluding hydrogens is 267 g/mol. The molecule has 2 rings (SSSR count). The Kier molecular flexibility index (Phi) is 5.32. The molecule has 5 heteroatoms. The van der Waals surface area contributed by atoms with Gasteiger partial charge in [0.2, 0.25) is 5.91 Å². The van der Waals surface area contributed by atoms with Crippen molar-refractivity contribution in [3.05, 3.63) is 35.6 Å². The highest BCUT2D eigenvalue weighted by Gasteiger charge is 2.38. The Morgan fingerprint density at radius 1 is 1.42 bits per heavy atom. The van der Waals surface area contributed by atoms with E-state index in [1.165, 1.54) is 12.1 Å². The summed E-state index contributed by atoms with van der Waals surface area (Å²) in [5, 5.41) is 2.88. The maximum Gasteiger partial charge on any atom is 0.236 e. The molecule has 0 saturated heterocycles. The standard InChI is InChI=1S/C14H19FN2O.ClH/c1-10(16)13(18)17-9-14(7-2-8-14)11-3-5-12(15)6-4-11;/h3-6,10H,2,7-9,16H2,1H3,(H,17,18);1H/t10-;/m1./s1. The Morgan fingerprint density at radius 3 is 2.42 bits per heavy atom. The zero-order valence-electron chi connectivity index (χ0n) is 11.0. The van der Waals surface area contributed by atoms with E-state index in [2.05, 4.69) is 5.32 Å². The van der Waals surface area contributed by atoms with Gasteiger partial charge in [-0.1, -0.05) is 18.6 Å². The van der Waals surface area contributed by atoms with E-state index >= 15 is 0 Å². The number of hydrogen-bond acceptors (Lipinski definition) is 2. The summed E-state index contributed by atoms with van der Waals surface area (Å²) in [6.45, 7) is 2.25. The minimum Gasteiger partial charge on any atom is -0.354 e. The van der Waals surface area contributed by atoms with Gasteiger partial charge < -0.3 is 11.1 Å². The van der Waals surface area contributed by atoms with Crippen LogP contribution in [0.3, 0.4) is 0 Å². The molecule has 0 heterocycles. The Labute approximate surface area is 119 Å². The maximum atomic E-state index is 12.9. The molecule has 1 atom stereocenters. The molecule has 0 aromatic heterocycles. The van der Waals surface area contributed by atoms with Crippen molar-refractivity contribution >= 4 is 18.3 Å². The summed E-state index contributed by atoms with van der Waals surface area (Å²) in [7, 11) is 0. The Bertz CT molecular complexity index is 430. The molecule has 0 radical (unpaired) electrons. The van der Waals surface area contributed by atoms with Crippen LogP contribution in [0.15, 0.2) is 24.3 Å². The van der Waals surface area contributed by atoms with Gasteiger partial charge in [-0.15, -0.1) is 12.4 Å². The van der Waals surface area contributed by atoms with Crippen LogP contribution in [-0.4, -0.2) is 18.5 Å². The normalized spacial score (nSPS) is 17.8. The third-order valence-corrected chi connectivity index (χ3v) is 3.78. The molecule has 1 aromatic rings. The molecule has 1 aliphatic rings. The van der Waals surface area contributed by atoms with Crippen LogP contribution in [0.2, 0.25) is 0 Å². The van der Waals surface area contributed by atoms with Crippen LogP contribution in [-0.2, 0) is 10.2 Å². The minimum absolute atomic E-state index is 0. The molecule has 1 saturated carbocycles. The predicted octanol–water partition coefficient (Wildman–Crippen LogP) is 2.13. The average Bonchev–Trinajstić information content (AvgIpc) is 2.29. The maximum absolute atomic E-state index is 12.9. The van der Waals surface area contributed by atoms with Crippen molar-refractivity contribution in [1.82, 2.24) is 5.32 Å². The Morgan fingerprint density at radius 2 is 2.00 bits per heavy atom. The van der Waals surface area contributed by atoms with Gasteiger partial charge in [-0.3, -0.25) is 4.79 Å². The van der Waals surface area contributed by atoms with Gasteiger partial charge in [-0.05, 0) is 37.5 Å². The summed E-state index contributed by atoms with van der Waals surface area (Å²) in [5.74, 6) is -0.365. The number of carbonyl (C=O) groups is 1. The lowest BCUT2D eigenvalue weighted by Crippen LogP contribution is -2.49. The fraction of sp³-hybridized carbons (Fsp3) is 0.500. The fourth-order valence-corrected chi connectivity index (χ4v) is 2.39. The van der Waals surface area contributed by atoms with Crippen molar-refractivity contribution in [3.63, 3.8) is 0 Å². The van der Waals surface area contributed by atoms with Gasteiger partial charge in [0.15, 0.2) is 0 Å². The molecule has 1 aliphatic carbocycles. The first-order chi connectivity index (χ1) is 8.53. The Balaban J connectivity index is 0.00000180. The zero-order chi connectivity index (χ0) is 13.2. The van der Waals surface area contributed by atoms with Crippen LogP contribution in [0, 0.1) is 5.82 Å². The van der Waals surface area contributed by atoms with Gasteiger partial charge in [0.05, 0.1) is 6.04 Å². The molecule has 106 valence electrons. The predicted molar refractivity (Wildman–Crippen MR) is 75.8 cm³/mol. The SMILES string of the molecule is C[C@@H](N)C(=O)NCC1(c2ccc(F)cc2)CCC1.Cl. The highest BCUT2D eigenvalue weighted by Crippen LogP contribution is 2.43. The number of hydrogen-bond donors (Lipinski definition) is 2. The van der Waals surface area contributed by atoms with Crippen LogP contribution in [0.1, 0.15) is 31.7 Å². The van der Waals surface area contributed by atoms with Crippen LogP contribution < -0.4 is 11.1 Å². The summed E-state index contributed by atoms with van der Waals surface area (Å²) in [6, 6.07) is 6.08. The van der Waals surface area contributed by atoms with Crippen LogP contribution in [0.5, 0.6) is 0 Å². The van der Waals surface area contributed by atoms with Crippen LogP contribution >= 0.6 is 12.4 Å². The number of rotatable bonds is 4. The molecule has 0 bridgehead atoms. The van der Waals surface area contributed by atoms with E-state index in [4.69, 9.17) is 5.73 Å². The third-order valence-electron chi connectivity index (χ3n) is 3.78. The first-order valence-corrected chi connectivity index (χ1v) is 6.33. The first kappa shape index (κ1) is 15.9. The first-order valence-electron chi connectivity index (χ1n) is 6.33. The molecule has 0 unspecified atom stereocenters. The van der Waals surface area contributed by atoms with E-state index in [9.17, 15) is 9.18 Å². The second-order valence-corrected chi connectivity index (χ2v) is 5.15. The number of benzene rings is 1. The van der Waals surface area contributed by atoms with Gasteiger partial charge in [0.25, 0.3) is 0 Å². The second-order valence-electron chi connectivity index (χ2n) is 5.15. The molecule has 0 aliphatic heterocycles. The van der Waals surface area contributed by atoms with Gasteiger partial charge in [-0.25, -0.2) is 4.39 Å². The van der Waals surface area contributed by atoms with E-state index in [0.29, 0.717) is 6.54 Å². The Hall–Kier alpha value is -1.13. The van der Waals surface area contributed by atoms with E-state index in [1.807, 2.05) is 12.1 Å². The lowest BCUT2D eigenvalue weighted by molar-refractivity contribution is -0.122. The largest absolute Gasteiger partial charge is 0.354 e. The monoisotopic (exact) mass is 286 g/mol. The topological polar surface area (TPSA) is 55.1 Å². The van der Waals surface area contributed by atoms with Gasteiger partial charge in [0.1, 0.15) is 5.82 Å². The third kappa shape index (κ3) is 3.45. The van der Waals surface area contributed by atoms with Crippen LogP contribution in [0.25, 0.3) is 0 Å². The lowest BCUT2D eigenvalue weighted by atomic mass is 9.64. The number of halogens is 2. The minimum atomic E-state index is -0.490. The molecule has 19 heavy (non-hydrogen) atoms. The molecule has 3 nitrogen and oxygen atoms in total. The van der Waals surface area contributed by atoms with E-state index in [-0.39, 0.29) is 29.5 Å². The van der Waals surface area contributed by atoms with Gasteiger partial charge in [0, 0.05) is 12.0 Å². The number of amides is 1. The van der Waals surface area contributed by atoms with E-state index in [0.717, 1.165) is 24.8 Å². The van der Waals surface area contributed by atoms with E-state index < -0.39 is 6.04 Å². The smallest absolute Gasteiger partial charge is 0.236 e. The summed E-state index contributed by atoms with van der Waals surface area (Å²) in [5.41, 5.74) is 6.59. The number of carbonyl (C=O) groups excluding carboxylic acids is 1. The average molecular weight is 287 g/mol. The zero-order valence-corrected chi connectivity index (χ0v) is 11.8. The second kappa shape index (κ2) is 6.35. The summed E-state index contributed by atoms with van der Waals surface area (Å²) in [6.07, 6.45) is 3.20. The molecule has 0 spiro atoms. The quantitative estimate of drug-likeness (QED) is 0.891. The van der Waals surface area contributed by atoms with Crippen LogP contribution in [0.4, 0.5) is 4.39 Å². The lowest BCUT2D eigenvalue weighted by Gasteiger charge is -2.42. The molecule has 1 fully saturated rings. The number of nitrogens with one attached hydrogen (secondary N) is 1. The van der Waals surface area contributed by atoms with Crippen molar-refractivity contribution in [1.29, 1.82) is 0 Å². The number of nitrogens with two attached hydrogens (primary N) is 1. The molecule has 1 aromatic carbocycles. The van der Waals surface area contributed by atoms with Crippen molar-refractivity contribution < 1.29 is 9.18 Å². The molecule has 3 N–H and O–H groups in total. The highest BCUT2D eigenvalue weighted by atomic mass is 35.5. The summed E-state index contributed by atoms with van der Waals surface area (Å²) >= 11 is 0.